The summed E-state index contributed by atoms with van der Waals surface area (Å²) >= 11 is 5.68. The molecule has 0 spiro atoms. The van der Waals surface area contributed by atoms with E-state index in [-0.39, 0.29) is 11.7 Å². The second-order valence-corrected chi connectivity index (χ2v) is 4.97. The van der Waals surface area contributed by atoms with Crippen molar-refractivity contribution in [3.05, 3.63) is 59.2 Å². The van der Waals surface area contributed by atoms with E-state index in [1.54, 1.807) is 19.1 Å². The number of nitrogens with one attached hydrogen (secondary N) is 1. The fourth-order valence-electron chi connectivity index (χ4n) is 1.86. The molecule has 3 nitrogen and oxygen atoms in total. The molecule has 2 rings (SSSR count). The molecular weight excluding hydrogens is 274 g/mol. The third-order valence-electron chi connectivity index (χ3n) is 3.05. The first-order valence-electron chi connectivity index (χ1n) is 6.36. The van der Waals surface area contributed by atoms with E-state index in [0.717, 1.165) is 17.7 Å². The maximum absolute atomic E-state index is 12.1. The molecule has 1 amide bonds. The summed E-state index contributed by atoms with van der Waals surface area (Å²) in [6.07, 6.45) is 0.812. The maximum atomic E-state index is 12.1. The van der Waals surface area contributed by atoms with Crippen LogP contribution in [0.4, 0.5) is 5.69 Å². The van der Waals surface area contributed by atoms with Crippen molar-refractivity contribution in [2.45, 2.75) is 13.3 Å². The Hall–Kier alpha value is -2.00. The van der Waals surface area contributed by atoms with E-state index in [2.05, 4.69) is 5.32 Å². The van der Waals surface area contributed by atoms with Gasteiger partial charge >= 0.3 is 0 Å². The Morgan fingerprint density at radius 3 is 2.50 bits per heavy atom. The van der Waals surface area contributed by atoms with Gasteiger partial charge in [0.15, 0.2) is 0 Å². The number of phenolic OH excluding ortho intramolecular Hbond substituents is 1. The van der Waals surface area contributed by atoms with Crippen molar-refractivity contribution in [3.8, 4) is 5.75 Å². The number of benzene rings is 2. The molecule has 0 unspecified atom stereocenters. The van der Waals surface area contributed by atoms with Gasteiger partial charge in [0, 0.05) is 17.1 Å². The lowest BCUT2D eigenvalue weighted by molar-refractivity contribution is 0.102. The molecule has 0 aromatic heterocycles. The van der Waals surface area contributed by atoms with Crippen molar-refractivity contribution in [2.75, 3.05) is 11.2 Å². The fourth-order valence-corrected chi connectivity index (χ4v) is 2.08. The lowest BCUT2D eigenvalue weighted by Gasteiger charge is -2.07. The number of hydrogen-bond donors (Lipinski definition) is 2. The Kier molecular flexibility index (Phi) is 4.64. The fraction of sp³-hybridized carbons (Fsp3) is 0.188. The number of hydrogen-bond acceptors (Lipinski definition) is 2. The molecule has 2 N–H and O–H groups in total. The van der Waals surface area contributed by atoms with Crippen molar-refractivity contribution in [2.24, 2.45) is 0 Å². The molecule has 0 aliphatic carbocycles. The molecule has 0 fully saturated rings. The van der Waals surface area contributed by atoms with Gasteiger partial charge in [-0.05, 0) is 54.8 Å². The van der Waals surface area contributed by atoms with Crippen LogP contribution in [0.15, 0.2) is 42.5 Å². The standard InChI is InChI=1S/C16H16ClNO2/c1-11-10-13(4-7-15(11)19)16(20)18-14-5-2-12(3-6-14)8-9-17/h2-7,10,19H,8-9H2,1H3,(H,18,20). The number of phenols is 1. The summed E-state index contributed by atoms with van der Waals surface area (Å²) in [5.41, 5.74) is 3.07. The van der Waals surface area contributed by atoms with Crippen LogP contribution in [-0.2, 0) is 6.42 Å². The Bertz CT molecular complexity index is 608. The van der Waals surface area contributed by atoms with Crippen LogP contribution in [0, 0.1) is 6.92 Å². The highest BCUT2D eigenvalue weighted by Gasteiger charge is 2.07. The summed E-state index contributed by atoms with van der Waals surface area (Å²) < 4.78 is 0. The largest absolute Gasteiger partial charge is 0.508 e. The zero-order chi connectivity index (χ0) is 14.5. The molecular formula is C16H16ClNO2. The summed E-state index contributed by atoms with van der Waals surface area (Å²) in [4.78, 5) is 12.1. The molecule has 104 valence electrons. The highest BCUT2D eigenvalue weighted by atomic mass is 35.5. The molecule has 0 aliphatic rings. The number of aromatic hydroxyl groups is 1. The van der Waals surface area contributed by atoms with E-state index in [1.165, 1.54) is 6.07 Å². The average molecular weight is 290 g/mol. The van der Waals surface area contributed by atoms with E-state index in [9.17, 15) is 9.90 Å². The van der Waals surface area contributed by atoms with Crippen LogP contribution in [-0.4, -0.2) is 16.9 Å². The Morgan fingerprint density at radius 1 is 1.20 bits per heavy atom. The lowest BCUT2D eigenvalue weighted by Crippen LogP contribution is -2.11. The van der Waals surface area contributed by atoms with Gasteiger partial charge in [-0.3, -0.25) is 4.79 Å². The number of alkyl halides is 1. The molecule has 0 saturated carbocycles. The van der Waals surface area contributed by atoms with Crippen molar-refractivity contribution < 1.29 is 9.90 Å². The number of halogens is 1. The van der Waals surface area contributed by atoms with Gasteiger partial charge in [0.2, 0.25) is 0 Å². The van der Waals surface area contributed by atoms with Crippen molar-refractivity contribution in [1.29, 1.82) is 0 Å². The monoisotopic (exact) mass is 289 g/mol. The Balaban J connectivity index is 2.08. The average Bonchev–Trinajstić information content (AvgIpc) is 2.44. The zero-order valence-electron chi connectivity index (χ0n) is 11.2. The summed E-state index contributed by atoms with van der Waals surface area (Å²) in [7, 11) is 0. The predicted octanol–water partition coefficient (Wildman–Crippen LogP) is 3.73. The van der Waals surface area contributed by atoms with Gasteiger partial charge in [0.25, 0.3) is 5.91 Å². The van der Waals surface area contributed by atoms with Gasteiger partial charge in [-0.2, -0.15) is 0 Å². The van der Waals surface area contributed by atoms with Crippen LogP contribution >= 0.6 is 11.6 Å². The van der Waals surface area contributed by atoms with Gasteiger partial charge in [0.1, 0.15) is 5.75 Å². The van der Waals surface area contributed by atoms with Crippen LogP contribution in [0.1, 0.15) is 21.5 Å². The van der Waals surface area contributed by atoms with Crippen LogP contribution in [0.2, 0.25) is 0 Å². The van der Waals surface area contributed by atoms with Gasteiger partial charge in [-0.15, -0.1) is 11.6 Å². The number of carbonyl (C=O) groups excluding carboxylic acids is 1. The van der Waals surface area contributed by atoms with Crippen molar-refractivity contribution >= 4 is 23.2 Å². The van der Waals surface area contributed by atoms with Crippen LogP contribution < -0.4 is 5.32 Å². The normalized spacial score (nSPS) is 10.3. The summed E-state index contributed by atoms with van der Waals surface area (Å²) in [6, 6.07) is 12.4. The van der Waals surface area contributed by atoms with E-state index in [1.807, 2.05) is 24.3 Å². The number of carbonyl (C=O) groups is 1. The maximum Gasteiger partial charge on any atom is 0.255 e. The summed E-state index contributed by atoms with van der Waals surface area (Å²) in [6.45, 7) is 1.76. The molecule has 0 saturated heterocycles. The number of rotatable bonds is 4. The molecule has 0 atom stereocenters. The van der Waals surface area contributed by atoms with E-state index < -0.39 is 0 Å². The first-order valence-corrected chi connectivity index (χ1v) is 6.89. The first-order chi connectivity index (χ1) is 9.60. The third-order valence-corrected chi connectivity index (χ3v) is 3.24. The second kappa shape index (κ2) is 6.44. The van der Waals surface area contributed by atoms with Gasteiger partial charge in [0.05, 0.1) is 0 Å². The minimum atomic E-state index is -0.196. The predicted molar refractivity (Wildman–Crippen MR) is 81.7 cm³/mol. The van der Waals surface area contributed by atoms with E-state index >= 15 is 0 Å². The Labute approximate surface area is 123 Å². The first kappa shape index (κ1) is 14.4. The van der Waals surface area contributed by atoms with Crippen molar-refractivity contribution in [1.82, 2.24) is 0 Å². The topological polar surface area (TPSA) is 49.3 Å². The van der Waals surface area contributed by atoms with Gasteiger partial charge in [-0.25, -0.2) is 0 Å². The molecule has 20 heavy (non-hydrogen) atoms. The SMILES string of the molecule is Cc1cc(C(=O)Nc2ccc(CCCl)cc2)ccc1O. The molecule has 0 radical (unpaired) electrons. The number of amides is 1. The van der Waals surface area contributed by atoms with Gasteiger partial charge in [-0.1, -0.05) is 12.1 Å². The minimum Gasteiger partial charge on any atom is -0.508 e. The van der Waals surface area contributed by atoms with E-state index in [0.29, 0.717) is 17.0 Å². The summed E-state index contributed by atoms with van der Waals surface area (Å²) in [5.74, 6) is 0.573. The highest BCUT2D eigenvalue weighted by Crippen LogP contribution is 2.18. The second-order valence-electron chi connectivity index (χ2n) is 4.59. The van der Waals surface area contributed by atoms with Crippen LogP contribution in [0.5, 0.6) is 5.75 Å². The van der Waals surface area contributed by atoms with E-state index in [4.69, 9.17) is 11.6 Å². The highest BCUT2D eigenvalue weighted by molar-refractivity contribution is 6.18. The van der Waals surface area contributed by atoms with Gasteiger partial charge < -0.3 is 10.4 Å². The van der Waals surface area contributed by atoms with Crippen LogP contribution in [0.3, 0.4) is 0 Å². The smallest absolute Gasteiger partial charge is 0.255 e. The molecule has 0 bridgehead atoms. The quantitative estimate of drug-likeness (QED) is 0.843. The molecule has 0 heterocycles. The lowest BCUT2D eigenvalue weighted by atomic mass is 10.1. The molecule has 0 aliphatic heterocycles. The molecule has 2 aromatic rings. The Morgan fingerprint density at radius 2 is 1.90 bits per heavy atom. The number of anilines is 1. The third kappa shape index (κ3) is 3.52. The molecule has 4 heteroatoms. The zero-order valence-corrected chi connectivity index (χ0v) is 11.9. The minimum absolute atomic E-state index is 0.187. The summed E-state index contributed by atoms with van der Waals surface area (Å²) in [5, 5.41) is 12.3. The molecule has 2 aromatic carbocycles. The van der Waals surface area contributed by atoms with Crippen molar-refractivity contribution in [3.63, 3.8) is 0 Å². The number of aryl methyl sites for hydroxylation is 2. The van der Waals surface area contributed by atoms with Crippen LogP contribution in [0.25, 0.3) is 0 Å².